The Labute approximate surface area is 250 Å². The van der Waals surface area contributed by atoms with Crippen LogP contribution in [-0.4, -0.2) is 64.3 Å². The van der Waals surface area contributed by atoms with E-state index in [1.165, 1.54) is 17.0 Å². The molecule has 3 heterocycles. The van der Waals surface area contributed by atoms with Crippen LogP contribution in [0.25, 0.3) is 11.2 Å². The van der Waals surface area contributed by atoms with Crippen LogP contribution in [0.5, 0.6) is 11.5 Å². The highest BCUT2D eigenvalue weighted by molar-refractivity contribution is 5.94. The van der Waals surface area contributed by atoms with Crippen molar-refractivity contribution in [1.82, 2.24) is 24.4 Å². The summed E-state index contributed by atoms with van der Waals surface area (Å²) in [7, 11) is 3.33. The van der Waals surface area contributed by atoms with Crippen molar-refractivity contribution in [3.8, 4) is 11.5 Å². The Balaban J connectivity index is 1.25. The molecular formula is C31H28F3N7O3. The fraction of sp³-hybridized carbons (Fsp3) is 0.226. The third-order valence-corrected chi connectivity index (χ3v) is 7.16. The number of imidazole rings is 1. The van der Waals surface area contributed by atoms with Crippen LogP contribution in [-0.2, 0) is 13.1 Å². The molecule has 2 aromatic heterocycles. The maximum Gasteiger partial charge on any atom is 0.253 e. The fourth-order valence-electron chi connectivity index (χ4n) is 4.81. The summed E-state index contributed by atoms with van der Waals surface area (Å²) >= 11 is 0. The SMILES string of the molecule is CN(CCN(C)c1nc(NCc2ccc3c(c2)OCO3)c2ncn(Cc3cccc(F)c3)c2n1)C(=O)c1cc(F)cc(F)c1. The highest BCUT2D eigenvalue weighted by Crippen LogP contribution is 2.33. The molecule has 0 unspecified atom stereocenters. The molecule has 0 fully saturated rings. The zero-order chi connectivity index (χ0) is 30.8. The number of halogens is 3. The smallest absolute Gasteiger partial charge is 0.253 e. The van der Waals surface area contributed by atoms with Crippen molar-refractivity contribution in [3.63, 3.8) is 0 Å². The van der Waals surface area contributed by atoms with Gasteiger partial charge in [0.15, 0.2) is 28.5 Å². The quantitative estimate of drug-likeness (QED) is 0.242. The predicted molar refractivity (Wildman–Crippen MR) is 157 cm³/mol. The molecule has 1 aliphatic rings. The van der Waals surface area contributed by atoms with Crippen LogP contribution in [0.3, 0.4) is 0 Å². The maximum absolute atomic E-state index is 13.9. The number of ether oxygens (including phenoxy) is 2. The van der Waals surface area contributed by atoms with Gasteiger partial charge in [-0.3, -0.25) is 4.79 Å². The molecule has 0 radical (unpaired) electrons. The van der Waals surface area contributed by atoms with Gasteiger partial charge in [0.2, 0.25) is 12.7 Å². The number of hydrogen-bond donors (Lipinski definition) is 1. The lowest BCUT2D eigenvalue weighted by Crippen LogP contribution is -2.35. The van der Waals surface area contributed by atoms with Gasteiger partial charge < -0.3 is 29.2 Å². The molecule has 3 aromatic carbocycles. The molecule has 0 saturated carbocycles. The first-order valence-electron chi connectivity index (χ1n) is 13.8. The van der Waals surface area contributed by atoms with Crippen molar-refractivity contribution < 1.29 is 27.4 Å². The van der Waals surface area contributed by atoms with E-state index in [9.17, 15) is 18.0 Å². The van der Waals surface area contributed by atoms with Crippen molar-refractivity contribution in [3.05, 3.63) is 101 Å². The van der Waals surface area contributed by atoms with Gasteiger partial charge in [-0.2, -0.15) is 9.97 Å². The molecule has 1 amide bonds. The average molecular weight is 604 g/mol. The predicted octanol–water partition coefficient (Wildman–Crippen LogP) is 4.84. The van der Waals surface area contributed by atoms with Gasteiger partial charge in [-0.25, -0.2) is 18.2 Å². The first-order chi connectivity index (χ1) is 21.2. The Hall–Kier alpha value is -5.33. The molecular weight excluding hydrogens is 575 g/mol. The number of benzene rings is 3. The van der Waals surface area contributed by atoms with E-state index in [1.54, 1.807) is 31.4 Å². The summed E-state index contributed by atoms with van der Waals surface area (Å²) in [5, 5.41) is 3.35. The monoisotopic (exact) mass is 603 g/mol. The van der Waals surface area contributed by atoms with Gasteiger partial charge in [-0.15, -0.1) is 0 Å². The third-order valence-electron chi connectivity index (χ3n) is 7.16. The number of carbonyl (C=O) groups excluding carboxylic acids is 1. The molecule has 1 aliphatic heterocycles. The summed E-state index contributed by atoms with van der Waals surface area (Å²) in [6, 6.07) is 14.7. The van der Waals surface area contributed by atoms with Crippen LogP contribution in [0, 0.1) is 17.5 Å². The molecule has 13 heteroatoms. The lowest BCUT2D eigenvalue weighted by molar-refractivity contribution is 0.0797. The number of carbonyl (C=O) groups is 1. The number of nitrogens with one attached hydrogen (secondary N) is 1. The standard InChI is InChI=1S/C31H28F3N7O3/c1-39(30(42)21-12-23(33)14-24(34)13-21)8-9-40(2)31-37-28(35-15-19-6-7-25-26(11-19)44-18-43-25)27-29(38-31)41(17-36-27)16-20-4-3-5-22(32)10-20/h3-7,10-14,17H,8-9,15-16,18H2,1-2H3,(H,35,37,38). The number of likely N-dealkylation sites (N-methyl/N-ethyl adjacent to an activating group) is 2. The molecule has 0 bridgehead atoms. The number of aromatic nitrogens is 4. The lowest BCUT2D eigenvalue weighted by Gasteiger charge is -2.23. The van der Waals surface area contributed by atoms with Crippen LogP contribution in [0.4, 0.5) is 24.9 Å². The van der Waals surface area contributed by atoms with Crippen LogP contribution in [0.1, 0.15) is 21.5 Å². The Bertz CT molecular complexity index is 1830. The van der Waals surface area contributed by atoms with Gasteiger partial charge in [0.05, 0.1) is 12.9 Å². The second kappa shape index (κ2) is 12.1. The molecule has 0 spiro atoms. The van der Waals surface area contributed by atoms with Crippen LogP contribution in [0.2, 0.25) is 0 Å². The molecule has 226 valence electrons. The molecule has 0 aliphatic carbocycles. The Morgan fingerprint density at radius 1 is 0.909 bits per heavy atom. The fourth-order valence-corrected chi connectivity index (χ4v) is 4.81. The van der Waals surface area contributed by atoms with Gasteiger partial charge in [-0.1, -0.05) is 18.2 Å². The molecule has 10 nitrogen and oxygen atoms in total. The van der Waals surface area contributed by atoms with Crippen molar-refractivity contribution >= 4 is 28.8 Å². The Morgan fingerprint density at radius 2 is 1.70 bits per heavy atom. The average Bonchev–Trinajstić information content (AvgIpc) is 3.64. The van der Waals surface area contributed by atoms with E-state index in [4.69, 9.17) is 19.4 Å². The summed E-state index contributed by atoms with van der Waals surface area (Å²) < 4.78 is 53.9. The summed E-state index contributed by atoms with van der Waals surface area (Å²) in [4.78, 5) is 30.0. The molecule has 44 heavy (non-hydrogen) atoms. The number of nitrogens with zero attached hydrogens (tertiary/aromatic N) is 6. The van der Waals surface area contributed by atoms with E-state index in [0.717, 1.165) is 29.3 Å². The number of amides is 1. The summed E-state index contributed by atoms with van der Waals surface area (Å²) in [6.07, 6.45) is 1.63. The van der Waals surface area contributed by atoms with Gasteiger partial charge in [0.1, 0.15) is 17.5 Å². The summed E-state index contributed by atoms with van der Waals surface area (Å²) in [6.45, 7) is 1.45. The molecule has 5 aromatic rings. The Morgan fingerprint density at radius 3 is 2.50 bits per heavy atom. The first-order valence-corrected chi connectivity index (χ1v) is 13.8. The first kappa shape index (κ1) is 28.8. The van der Waals surface area contributed by atoms with Crippen LogP contribution < -0.4 is 19.7 Å². The van der Waals surface area contributed by atoms with E-state index >= 15 is 0 Å². The maximum atomic E-state index is 13.9. The Kier molecular flexibility index (Phi) is 7.92. The van der Waals surface area contributed by atoms with Crippen LogP contribution in [0.15, 0.2) is 67.0 Å². The summed E-state index contributed by atoms with van der Waals surface area (Å²) in [5.74, 6) is -0.329. The minimum absolute atomic E-state index is 0.0819. The van der Waals surface area contributed by atoms with Crippen molar-refractivity contribution in [1.29, 1.82) is 0 Å². The van der Waals surface area contributed by atoms with Crippen molar-refractivity contribution in [2.75, 3.05) is 44.2 Å². The normalized spacial score (nSPS) is 12.0. The van der Waals surface area contributed by atoms with E-state index in [2.05, 4.69) is 10.3 Å². The van der Waals surface area contributed by atoms with Gasteiger partial charge in [-0.05, 0) is 47.5 Å². The van der Waals surface area contributed by atoms with Gasteiger partial charge >= 0.3 is 0 Å². The molecule has 1 N–H and O–H groups in total. The van der Waals surface area contributed by atoms with E-state index in [1.807, 2.05) is 28.8 Å². The number of rotatable bonds is 10. The largest absolute Gasteiger partial charge is 0.454 e. The zero-order valence-electron chi connectivity index (χ0n) is 23.9. The van der Waals surface area contributed by atoms with E-state index in [0.29, 0.717) is 54.1 Å². The second-order valence-corrected chi connectivity index (χ2v) is 10.4. The third kappa shape index (κ3) is 6.21. The minimum Gasteiger partial charge on any atom is -0.454 e. The molecule has 0 atom stereocenters. The topological polar surface area (TPSA) is 97.6 Å². The molecule has 0 saturated heterocycles. The summed E-state index contributed by atoms with van der Waals surface area (Å²) in [5.41, 5.74) is 2.64. The minimum atomic E-state index is -0.823. The van der Waals surface area contributed by atoms with Crippen LogP contribution >= 0.6 is 0 Å². The van der Waals surface area contributed by atoms with Crippen molar-refractivity contribution in [2.24, 2.45) is 0 Å². The van der Waals surface area contributed by atoms with E-state index in [-0.39, 0.29) is 24.7 Å². The van der Waals surface area contributed by atoms with Gasteiger partial charge in [0, 0.05) is 45.4 Å². The number of hydrogen-bond acceptors (Lipinski definition) is 8. The highest BCUT2D eigenvalue weighted by Gasteiger charge is 2.19. The number of anilines is 2. The van der Waals surface area contributed by atoms with Gasteiger partial charge in [0.25, 0.3) is 5.91 Å². The highest BCUT2D eigenvalue weighted by atomic mass is 19.1. The number of fused-ring (bicyclic) bond motifs is 2. The molecule has 6 rings (SSSR count). The zero-order valence-corrected chi connectivity index (χ0v) is 23.9. The van der Waals surface area contributed by atoms with Crippen molar-refractivity contribution in [2.45, 2.75) is 13.1 Å². The lowest BCUT2D eigenvalue weighted by atomic mass is 10.2. The van der Waals surface area contributed by atoms with E-state index < -0.39 is 17.5 Å². The second-order valence-electron chi connectivity index (χ2n) is 10.4.